The Labute approximate surface area is 185 Å². The molecule has 3 amide bonds. The highest BCUT2D eigenvalue weighted by atomic mass is 35.5. The molecule has 0 saturated carbocycles. The summed E-state index contributed by atoms with van der Waals surface area (Å²) in [5.41, 5.74) is 1.68. The number of fused-ring (bicyclic) bond motifs is 3. The summed E-state index contributed by atoms with van der Waals surface area (Å²) in [4.78, 5) is 33.6. The van der Waals surface area contributed by atoms with Crippen molar-refractivity contribution >= 4 is 29.2 Å². The van der Waals surface area contributed by atoms with Gasteiger partial charge in [0.15, 0.2) is 0 Å². The Hall–Kier alpha value is -2.68. The molecule has 3 atom stereocenters. The number of benzene rings is 2. The lowest BCUT2D eigenvalue weighted by Gasteiger charge is -2.44. The molecule has 31 heavy (non-hydrogen) atoms. The second kappa shape index (κ2) is 7.78. The predicted octanol–water partition coefficient (Wildman–Crippen LogP) is 2.67. The topological polar surface area (TPSA) is 59.1 Å². The van der Waals surface area contributed by atoms with Crippen LogP contribution in [0.15, 0.2) is 48.5 Å². The van der Waals surface area contributed by atoms with Crippen LogP contribution in [-0.2, 0) is 11.3 Å². The molecule has 2 aromatic carbocycles. The molecular weight excluding hydrogens is 421 g/mol. The Kier molecular flexibility index (Phi) is 5.08. The van der Waals surface area contributed by atoms with Gasteiger partial charge in [-0.2, -0.15) is 0 Å². The molecule has 3 fully saturated rings. The highest BCUT2D eigenvalue weighted by Gasteiger charge is 2.56. The van der Waals surface area contributed by atoms with Crippen LogP contribution in [0.4, 0.5) is 14.9 Å². The molecule has 0 aromatic heterocycles. The molecule has 0 aliphatic carbocycles. The molecule has 162 valence electrons. The number of carbonyl (C=O) groups excluding carboxylic acids is 2. The van der Waals surface area contributed by atoms with Crippen molar-refractivity contribution in [2.75, 3.05) is 25.0 Å². The average molecular weight is 444 g/mol. The van der Waals surface area contributed by atoms with E-state index in [1.165, 1.54) is 17.0 Å². The van der Waals surface area contributed by atoms with Gasteiger partial charge >= 0.3 is 6.03 Å². The molecule has 9 heteroatoms. The van der Waals surface area contributed by atoms with Crippen LogP contribution in [0.5, 0.6) is 0 Å². The number of nitrogens with one attached hydrogen (secondary N) is 1. The number of hydrogen-bond acceptors (Lipinski definition) is 5. The zero-order valence-corrected chi connectivity index (χ0v) is 17.8. The quantitative estimate of drug-likeness (QED) is 0.790. The smallest absolute Gasteiger partial charge is 0.328 e. The number of anilines is 1. The summed E-state index contributed by atoms with van der Waals surface area (Å²) in [5, 5.41) is 4.13. The summed E-state index contributed by atoms with van der Waals surface area (Å²) in [6.45, 7) is 1.68. The highest BCUT2D eigenvalue weighted by Crippen LogP contribution is 2.34. The number of carbonyl (C=O) groups is 2. The van der Waals surface area contributed by atoms with Gasteiger partial charge in [-0.05, 0) is 42.3 Å². The maximum absolute atomic E-state index is 13.5. The summed E-state index contributed by atoms with van der Waals surface area (Å²) in [6.07, 6.45) is 0.248. The average Bonchev–Trinajstić information content (AvgIpc) is 3.16. The molecule has 7 nitrogen and oxygen atoms in total. The van der Waals surface area contributed by atoms with E-state index in [0.717, 1.165) is 25.2 Å². The molecule has 5 rings (SSSR count). The number of rotatable bonds is 3. The van der Waals surface area contributed by atoms with Crippen LogP contribution in [0.3, 0.4) is 0 Å². The van der Waals surface area contributed by atoms with Crippen molar-refractivity contribution in [3.8, 4) is 0 Å². The number of nitrogens with zero attached hydrogens (tertiary/aromatic N) is 4. The van der Waals surface area contributed by atoms with Gasteiger partial charge < -0.3 is 9.80 Å². The molecule has 2 aromatic rings. The molecular formula is C22H23ClFN5O2. The van der Waals surface area contributed by atoms with Crippen LogP contribution < -0.4 is 10.2 Å². The van der Waals surface area contributed by atoms with Gasteiger partial charge in [0, 0.05) is 30.8 Å². The molecule has 3 saturated heterocycles. The van der Waals surface area contributed by atoms with E-state index in [1.54, 1.807) is 24.1 Å². The summed E-state index contributed by atoms with van der Waals surface area (Å²) in [7, 11) is 1.71. The zero-order chi connectivity index (χ0) is 21.7. The predicted molar refractivity (Wildman–Crippen MR) is 115 cm³/mol. The zero-order valence-electron chi connectivity index (χ0n) is 17.0. The van der Waals surface area contributed by atoms with Crippen LogP contribution in [0, 0.1) is 5.82 Å². The van der Waals surface area contributed by atoms with Crippen LogP contribution in [0.2, 0.25) is 5.02 Å². The minimum atomic E-state index is -0.491. The Morgan fingerprint density at radius 2 is 1.90 bits per heavy atom. The molecule has 0 radical (unpaired) electrons. The number of amides is 3. The molecule has 0 spiro atoms. The lowest BCUT2D eigenvalue weighted by atomic mass is 10.1. The van der Waals surface area contributed by atoms with Gasteiger partial charge in [0.05, 0.1) is 6.54 Å². The van der Waals surface area contributed by atoms with Gasteiger partial charge in [-0.25, -0.2) is 9.18 Å². The van der Waals surface area contributed by atoms with Gasteiger partial charge in [-0.15, -0.1) is 0 Å². The monoisotopic (exact) mass is 443 g/mol. The van der Waals surface area contributed by atoms with Crippen LogP contribution in [-0.4, -0.2) is 65.3 Å². The summed E-state index contributed by atoms with van der Waals surface area (Å²) in [6, 6.07) is 12.7. The Morgan fingerprint density at radius 1 is 1.13 bits per heavy atom. The van der Waals surface area contributed by atoms with E-state index >= 15 is 0 Å². The standard InChI is InChI=1S/C22H23ClFN5O2/c1-26-19-18(20(30)29(22(26)31)13-14-6-8-16(24)9-7-14)28-11-3-10-27(21(28)25-19)17-5-2-4-15(23)12-17/h2,4-9,12,18-19,21,25H,3,10-11,13H2,1H3. The van der Waals surface area contributed by atoms with E-state index in [4.69, 9.17) is 11.6 Å². The maximum Gasteiger partial charge on any atom is 0.328 e. The molecule has 3 aliphatic heterocycles. The largest absolute Gasteiger partial charge is 0.343 e. The third-order valence-electron chi connectivity index (χ3n) is 6.26. The van der Waals surface area contributed by atoms with Crippen LogP contribution >= 0.6 is 11.6 Å². The van der Waals surface area contributed by atoms with Crippen molar-refractivity contribution in [1.29, 1.82) is 0 Å². The number of halogens is 2. The van der Waals surface area contributed by atoms with Crippen molar-refractivity contribution in [1.82, 2.24) is 20.0 Å². The van der Waals surface area contributed by atoms with E-state index in [0.29, 0.717) is 10.6 Å². The van der Waals surface area contributed by atoms with E-state index < -0.39 is 12.2 Å². The van der Waals surface area contributed by atoms with Crippen molar-refractivity contribution in [3.63, 3.8) is 0 Å². The van der Waals surface area contributed by atoms with Crippen molar-refractivity contribution < 1.29 is 14.0 Å². The summed E-state index contributed by atoms with van der Waals surface area (Å²) in [5.74, 6) is -0.588. The second-order valence-corrected chi connectivity index (χ2v) is 8.58. The van der Waals surface area contributed by atoms with E-state index in [9.17, 15) is 14.0 Å². The lowest BCUT2D eigenvalue weighted by molar-refractivity contribution is -0.139. The fraction of sp³-hybridized carbons (Fsp3) is 0.364. The van der Waals surface area contributed by atoms with Crippen molar-refractivity contribution in [2.24, 2.45) is 0 Å². The minimum Gasteiger partial charge on any atom is -0.343 e. The normalized spacial score (nSPS) is 26.3. The Balaban J connectivity index is 1.43. The van der Waals surface area contributed by atoms with Crippen LogP contribution in [0.1, 0.15) is 12.0 Å². The third kappa shape index (κ3) is 3.44. The second-order valence-electron chi connectivity index (χ2n) is 8.14. The van der Waals surface area contributed by atoms with Gasteiger partial charge in [0.1, 0.15) is 24.3 Å². The number of hydrogen-bond donors (Lipinski definition) is 1. The first-order valence-corrected chi connectivity index (χ1v) is 10.7. The van der Waals surface area contributed by atoms with Gasteiger partial charge in [-0.3, -0.25) is 19.9 Å². The fourth-order valence-corrected chi connectivity index (χ4v) is 4.94. The third-order valence-corrected chi connectivity index (χ3v) is 6.50. The molecule has 1 N–H and O–H groups in total. The van der Waals surface area contributed by atoms with Crippen molar-refractivity contribution in [3.05, 3.63) is 64.9 Å². The highest BCUT2D eigenvalue weighted by molar-refractivity contribution is 6.30. The number of urea groups is 1. The first kappa shape index (κ1) is 20.2. The number of imide groups is 1. The molecule has 3 aliphatic rings. The Bertz CT molecular complexity index is 1020. The van der Waals surface area contributed by atoms with Crippen molar-refractivity contribution in [2.45, 2.75) is 31.5 Å². The summed E-state index contributed by atoms with van der Waals surface area (Å²) < 4.78 is 13.3. The molecule has 3 unspecified atom stereocenters. The summed E-state index contributed by atoms with van der Waals surface area (Å²) >= 11 is 6.20. The first-order chi connectivity index (χ1) is 14.9. The van der Waals surface area contributed by atoms with E-state index in [2.05, 4.69) is 15.1 Å². The first-order valence-electron chi connectivity index (χ1n) is 10.3. The lowest BCUT2D eigenvalue weighted by Crippen LogP contribution is -2.66. The van der Waals surface area contributed by atoms with Gasteiger partial charge in [0.25, 0.3) is 5.91 Å². The van der Waals surface area contributed by atoms with Crippen LogP contribution in [0.25, 0.3) is 0 Å². The number of likely N-dealkylation sites (N-methyl/N-ethyl adjacent to an activating group) is 1. The minimum absolute atomic E-state index is 0.113. The van der Waals surface area contributed by atoms with E-state index in [1.807, 2.05) is 24.3 Å². The van der Waals surface area contributed by atoms with E-state index in [-0.39, 0.29) is 30.6 Å². The van der Waals surface area contributed by atoms with Gasteiger partial charge in [-0.1, -0.05) is 29.8 Å². The molecule has 3 heterocycles. The fourth-order valence-electron chi connectivity index (χ4n) is 4.76. The Morgan fingerprint density at radius 3 is 2.65 bits per heavy atom. The SMILES string of the molecule is CN1C(=O)N(Cc2ccc(F)cc2)C(=O)C2C1NC1N(c3cccc(Cl)c3)CCCN21. The maximum atomic E-state index is 13.5. The molecule has 0 bridgehead atoms. The van der Waals surface area contributed by atoms with Gasteiger partial charge in [0.2, 0.25) is 0 Å².